The first-order valence-electron chi connectivity index (χ1n) is 7.17. The smallest absolute Gasteiger partial charge is 0.344 e. The van der Waals surface area contributed by atoms with Gasteiger partial charge < -0.3 is 16.2 Å². The van der Waals surface area contributed by atoms with Crippen molar-refractivity contribution in [3.05, 3.63) is 78.4 Å². The Morgan fingerprint density at radius 3 is 2.09 bits per heavy atom. The zero-order valence-electron chi connectivity index (χ0n) is 12.4. The second-order valence-corrected chi connectivity index (χ2v) is 5.10. The highest BCUT2D eigenvalue weighted by Crippen LogP contribution is 2.32. The third-order valence-electron chi connectivity index (χ3n) is 3.43. The van der Waals surface area contributed by atoms with Gasteiger partial charge in [-0.25, -0.2) is 4.79 Å². The SMILES string of the molecule is Nc1cc(N)c(-c2ccccc2)c(C(=O)Oc2ccccc2)c1. The molecule has 0 bridgehead atoms. The van der Waals surface area contributed by atoms with Crippen molar-refractivity contribution >= 4 is 17.3 Å². The normalized spacial score (nSPS) is 10.3. The van der Waals surface area contributed by atoms with E-state index in [4.69, 9.17) is 16.2 Å². The van der Waals surface area contributed by atoms with Crippen LogP contribution < -0.4 is 16.2 Å². The maximum absolute atomic E-state index is 12.6. The van der Waals surface area contributed by atoms with E-state index in [2.05, 4.69) is 0 Å². The van der Waals surface area contributed by atoms with E-state index in [-0.39, 0.29) is 0 Å². The predicted molar refractivity (Wildman–Crippen MR) is 92.1 cm³/mol. The second kappa shape index (κ2) is 6.23. The molecule has 0 heterocycles. The van der Waals surface area contributed by atoms with Crippen LogP contribution in [0.4, 0.5) is 11.4 Å². The van der Waals surface area contributed by atoms with E-state index in [9.17, 15) is 4.79 Å². The highest BCUT2D eigenvalue weighted by Gasteiger charge is 2.18. The van der Waals surface area contributed by atoms with Gasteiger partial charge in [0.05, 0.1) is 5.56 Å². The summed E-state index contributed by atoms with van der Waals surface area (Å²) in [5, 5.41) is 0. The first kappa shape index (κ1) is 14.7. The first-order chi connectivity index (χ1) is 11.1. The summed E-state index contributed by atoms with van der Waals surface area (Å²) in [6.45, 7) is 0. The molecule has 3 rings (SSSR count). The fourth-order valence-electron chi connectivity index (χ4n) is 2.43. The van der Waals surface area contributed by atoms with Crippen LogP contribution in [-0.4, -0.2) is 5.97 Å². The number of esters is 1. The molecule has 0 aliphatic heterocycles. The van der Waals surface area contributed by atoms with Crippen LogP contribution in [-0.2, 0) is 0 Å². The molecular weight excluding hydrogens is 288 g/mol. The molecule has 0 saturated carbocycles. The number of carbonyl (C=O) groups is 1. The fourth-order valence-corrected chi connectivity index (χ4v) is 2.43. The van der Waals surface area contributed by atoms with Crippen LogP contribution in [0, 0.1) is 0 Å². The number of rotatable bonds is 3. The zero-order valence-corrected chi connectivity index (χ0v) is 12.4. The van der Waals surface area contributed by atoms with Gasteiger partial charge in [-0.15, -0.1) is 0 Å². The molecule has 4 N–H and O–H groups in total. The second-order valence-electron chi connectivity index (χ2n) is 5.10. The Morgan fingerprint density at radius 2 is 1.43 bits per heavy atom. The topological polar surface area (TPSA) is 78.3 Å². The van der Waals surface area contributed by atoms with Crippen molar-refractivity contribution in [1.82, 2.24) is 0 Å². The van der Waals surface area contributed by atoms with Crippen LogP contribution in [0.25, 0.3) is 11.1 Å². The van der Waals surface area contributed by atoms with Crippen molar-refractivity contribution in [2.45, 2.75) is 0 Å². The molecular formula is C19H16N2O2. The highest BCUT2D eigenvalue weighted by molar-refractivity contribution is 6.03. The van der Waals surface area contributed by atoms with Crippen LogP contribution in [0.15, 0.2) is 72.8 Å². The van der Waals surface area contributed by atoms with E-state index in [0.717, 1.165) is 5.56 Å². The lowest BCUT2D eigenvalue weighted by Crippen LogP contribution is -2.12. The van der Waals surface area contributed by atoms with E-state index in [1.807, 2.05) is 36.4 Å². The Morgan fingerprint density at radius 1 is 0.826 bits per heavy atom. The summed E-state index contributed by atoms with van der Waals surface area (Å²) in [7, 11) is 0. The van der Waals surface area contributed by atoms with Crippen LogP contribution in [0.5, 0.6) is 5.75 Å². The van der Waals surface area contributed by atoms with Crippen molar-refractivity contribution in [2.24, 2.45) is 0 Å². The number of hydrogen-bond donors (Lipinski definition) is 2. The summed E-state index contributed by atoms with van der Waals surface area (Å²) in [6, 6.07) is 21.6. The number of nitrogens with two attached hydrogens (primary N) is 2. The van der Waals surface area contributed by atoms with Crippen molar-refractivity contribution in [3.8, 4) is 16.9 Å². The van der Waals surface area contributed by atoms with Crippen molar-refractivity contribution in [2.75, 3.05) is 11.5 Å². The molecule has 0 aliphatic rings. The van der Waals surface area contributed by atoms with E-state index in [0.29, 0.717) is 28.3 Å². The van der Waals surface area contributed by atoms with Crippen LogP contribution >= 0.6 is 0 Å². The summed E-state index contributed by atoms with van der Waals surface area (Å²) in [6.07, 6.45) is 0. The molecule has 0 atom stereocenters. The van der Waals surface area contributed by atoms with Crippen molar-refractivity contribution in [1.29, 1.82) is 0 Å². The summed E-state index contributed by atoms with van der Waals surface area (Å²) < 4.78 is 5.42. The van der Waals surface area contributed by atoms with Crippen molar-refractivity contribution in [3.63, 3.8) is 0 Å². The maximum atomic E-state index is 12.6. The molecule has 3 aromatic carbocycles. The molecule has 0 aromatic heterocycles. The Labute approximate surface area is 134 Å². The third-order valence-corrected chi connectivity index (χ3v) is 3.43. The van der Waals surface area contributed by atoms with Gasteiger partial charge in [0.2, 0.25) is 0 Å². The van der Waals surface area contributed by atoms with Gasteiger partial charge in [-0.1, -0.05) is 48.5 Å². The molecule has 3 aromatic rings. The monoisotopic (exact) mass is 304 g/mol. The molecule has 4 nitrogen and oxygen atoms in total. The number of anilines is 2. The van der Waals surface area contributed by atoms with E-state index >= 15 is 0 Å². The average Bonchev–Trinajstić information content (AvgIpc) is 2.56. The summed E-state index contributed by atoms with van der Waals surface area (Å²) in [4.78, 5) is 12.6. The summed E-state index contributed by atoms with van der Waals surface area (Å²) in [5.74, 6) is -0.0217. The Hall–Kier alpha value is -3.27. The molecule has 0 aliphatic carbocycles. The summed E-state index contributed by atoms with van der Waals surface area (Å²) >= 11 is 0. The minimum atomic E-state index is -0.492. The standard InChI is InChI=1S/C19H16N2O2/c20-14-11-16(19(22)23-15-9-5-2-6-10-15)18(17(21)12-14)13-7-3-1-4-8-13/h1-12H,20-21H2. The van der Waals surface area contributed by atoms with Crippen LogP contribution in [0.1, 0.15) is 10.4 Å². The Kier molecular flexibility index (Phi) is 3.97. The third kappa shape index (κ3) is 3.16. The Balaban J connectivity index is 2.06. The molecule has 23 heavy (non-hydrogen) atoms. The van der Waals surface area contributed by atoms with Gasteiger partial charge in [0, 0.05) is 16.9 Å². The fraction of sp³-hybridized carbons (Fsp3) is 0. The average molecular weight is 304 g/mol. The molecule has 0 saturated heterocycles. The number of ether oxygens (including phenoxy) is 1. The summed E-state index contributed by atoms with van der Waals surface area (Å²) in [5.41, 5.74) is 14.6. The van der Waals surface area contributed by atoms with Gasteiger partial charge in [-0.3, -0.25) is 0 Å². The number of nitrogen functional groups attached to an aromatic ring is 2. The molecule has 0 spiro atoms. The highest BCUT2D eigenvalue weighted by atomic mass is 16.5. The minimum Gasteiger partial charge on any atom is -0.423 e. The van der Waals surface area contributed by atoms with Crippen LogP contribution in [0.2, 0.25) is 0 Å². The Bertz CT molecular complexity index is 831. The number of para-hydroxylation sites is 1. The first-order valence-corrected chi connectivity index (χ1v) is 7.17. The lowest BCUT2D eigenvalue weighted by atomic mass is 9.97. The van der Waals surface area contributed by atoms with Gasteiger partial charge in [0.15, 0.2) is 0 Å². The van der Waals surface area contributed by atoms with Gasteiger partial charge >= 0.3 is 5.97 Å². The number of hydrogen-bond acceptors (Lipinski definition) is 4. The van der Waals surface area contributed by atoms with Crippen molar-refractivity contribution < 1.29 is 9.53 Å². The number of benzene rings is 3. The molecule has 0 fully saturated rings. The molecule has 4 heteroatoms. The molecule has 0 unspecified atom stereocenters. The zero-order chi connectivity index (χ0) is 16.2. The van der Waals surface area contributed by atoms with E-state index in [1.165, 1.54) is 0 Å². The molecule has 114 valence electrons. The van der Waals surface area contributed by atoms with E-state index in [1.54, 1.807) is 36.4 Å². The molecule has 0 amide bonds. The van der Waals surface area contributed by atoms with Gasteiger partial charge in [-0.2, -0.15) is 0 Å². The quantitative estimate of drug-likeness (QED) is 0.439. The minimum absolute atomic E-state index is 0.345. The van der Waals surface area contributed by atoms with Gasteiger partial charge in [0.1, 0.15) is 5.75 Å². The lowest BCUT2D eigenvalue weighted by Gasteiger charge is -2.13. The van der Waals surface area contributed by atoms with Gasteiger partial charge in [0.25, 0.3) is 0 Å². The van der Waals surface area contributed by atoms with Crippen LogP contribution in [0.3, 0.4) is 0 Å². The largest absolute Gasteiger partial charge is 0.423 e. The maximum Gasteiger partial charge on any atom is 0.344 e. The van der Waals surface area contributed by atoms with E-state index < -0.39 is 5.97 Å². The molecule has 0 radical (unpaired) electrons. The number of carbonyl (C=O) groups excluding carboxylic acids is 1. The predicted octanol–water partition coefficient (Wildman–Crippen LogP) is 3.74. The lowest BCUT2D eigenvalue weighted by molar-refractivity contribution is 0.0735. The van der Waals surface area contributed by atoms with Gasteiger partial charge in [-0.05, 0) is 29.8 Å².